The predicted octanol–water partition coefficient (Wildman–Crippen LogP) is 10.8. The molecule has 0 atom stereocenters. The zero-order chi connectivity index (χ0) is 32.0. The lowest BCUT2D eigenvalue weighted by Crippen LogP contribution is -2.00. The Morgan fingerprint density at radius 2 is 1.10 bits per heavy atom. The molecule has 0 aliphatic rings. The average Bonchev–Trinajstić information content (AvgIpc) is 3.69. The smallest absolute Gasteiger partial charge is 0.226 e. The Labute approximate surface area is 281 Å². The number of imidazole rings is 1. The molecule has 7 aromatic carbocycles. The van der Waals surface area contributed by atoms with Gasteiger partial charge in [-0.1, -0.05) is 121 Å². The lowest BCUT2D eigenvalue weighted by molar-refractivity contribution is 1.06. The monoisotopic (exact) mass is 635 g/mol. The second-order valence-corrected chi connectivity index (χ2v) is 12.1. The molecule has 0 fully saturated rings. The lowest BCUT2D eigenvalue weighted by Gasteiger charge is -2.16. The van der Waals surface area contributed by atoms with E-state index in [0.29, 0.717) is 11.6 Å². The highest BCUT2D eigenvalue weighted by Gasteiger charge is 2.19. The van der Waals surface area contributed by atoms with E-state index in [9.17, 15) is 0 Å². The van der Waals surface area contributed by atoms with Crippen molar-refractivity contribution in [2.24, 2.45) is 0 Å². The first-order valence-corrected chi connectivity index (χ1v) is 16.1. The first-order valence-electron chi connectivity index (χ1n) is 15.7. The Kier molecular flexibility index (Phi) is 6.77. The Bertz CT molecular complexity index is 2640. The molecule has 48 heavy (non-hydrogen) atoms. The first kappa shape index (κ1) is 28.1. The maximum Gasteiger partial charge on any atom is 0.226 e. The number of nitrogens with zero attached hydrogens (tertiary/aromatic N) is 5. The van der Waals surface area contributed by atoms with Crippen molar-refractivity contribution in [3.8, 4) is 50.7 Å². The SMILES string of the molecule is Clc1nc(-c2ccccc2-c2cccc3ccccc23)nc(-c2cc(-c3ccccc3-n3ccnc3)cc3ccc4ccccc4c23)n1. The maximum absolute atomic E-state index is 6.79. The molecular formula is C42H26ClN5. The van der Waals surface area contributed by atoms with Crippen LogP contribution in [0, 0.1) is 0 Å². The number of hydrogen-bond acceptors (Lipinski definition) is 4. The molecule has 0 aliphatic heterocycles. The summed E-state index contributed by atoms with van der Waals surface area (Å²) in [5.41, 5.74) is 7.03. The summed E-state index contributed by atoms with van der Waals surface area (Å²) in [6, 6.07) is 48.5. The predicted molar refractivity (Wildman–Crippen MR) is 196 cm³/mol. The molecule has 0 spiro atoms. The minimum Gasteiger partial charge on any atom is -0.306 e. The Hall–Kier alpha value is -6.17. The van der Waals surface area contributed by atoms with Gasteiger partial charge in [0, 0.05) is 34.5 Å². The zero-order valence-electron chi connectivity index (χ0n) is 25.6. The van der Waals surface area contributed by atoms with E-state index in [1.54, 1.807) is 6.20 Å². The van der Waals surface area contributed by atoms with Gasteiger partial charge in [-0.3, -0.25) is 0 Å². The highest BCUT2D eigenvalue weighted by atomic mass is 35.5. The van der Waals surface area contributed by atoms with Crippen LogP contribution in [-0.4, -0.2) is 24.5 Å². The fraction of sp³-hybridized carbons (Fsp3) is 0. The van der Waals surface area contributed by atoms with Crippen molar-refractivity contribution in [3.63, 3.8) is 0 Å². The number of hydrogen-bond donors (Lipinski definition) is 0. The van der Waals surface area contributed by atoms with Crippen LogP contribution in [0.4, 0.5) is 0 Å². The van der Waals surface area contributed by atoms with E-state index in [2.05, 4.69) is 126 Å². The van der Waals surface area contributed by atoms with Gasteiger partial charge in [0.1, 0.15) is 0 Å². The van der Waals surface area contributed by atoms with Gasteiger partial charge < -0.3 is 4.57 Å². The molecule has 5 nitrogen and oxygen atoms in total. The number of rotatable bonds is 5. The molecular weight excluding hydrogens is 610 g/mol. The van der Waals surface area contributed by atoms with Gasteiger partial charge >= 0.3 is 0 Å². The molecule has 0 unspecified atom stereocenters. The van der Waals surface area contributed by atoms with Crippen LogP contribution >= 0.6 is 11.6 Å². The van der Waals surface area contributed by atoms with E-state index < -0.39 is 0 Å². The molecule has 0 bridgehead atoms. The quantitative estimate of drug-likeness (QED) is 0.177. The number of benzene rings is 7. The third kappa shape index (κ3) is 4.80. The third-order valence-corrected chi connectivity index (χ3v) is 9.10. The molecule has 0 radical (unpaired) electrons. The van der Waals surface area contributed by atoms with Crippen LogP contribution in [0.5, 0.6) is 0 Å². The van der Waals surface area contributed by atoms with E-state index in [1.165, 1.54) is 5.39 Å². The van der Waals surface area contributed by atoms with E-state index in [-0.39, 0.29) is 5.28 Å². The molecule has 9 aromatic rings. The number of para-hydroxylation sites is 1. The normalized spacial score (nSPS) is 11.4. The molecule has 2 heterocycles. The van der Waals surface area contributed by atoms with Crippen molar-refractivity contribution in [1.82, 2.24) is 24.5 Å². The summed E-state index contributed by atoms with van der Waals surface area (Å²) in [7, 11) is 0. The molecule has 0 saturated heterocycles. The largest absolute Gasteiger partial charge is 0.306 e. The van der Waals surface area contributed by atoms with Crippen molar-refractivity contribution in [3.05, 3.63) is 164 Å². The van der Waals surface area contributed by atoms with Gasteiger partial charge in [-0.05, 0) is 73.4 Å². The molecule has 0 saturated carbocycles. The Morgan fingerprint density at radius 3 is 1.92 bits per heavy atom. The minimum atomic E-state index is 0.139. The fourth-order valence-corrected chi connectivity index (χ4v) is 6.95. The molecule has 0 aliphatic carbocycles. The molecule has 0 N–H and O–H groups in total. The van der Waals surface area contributed by atoms with Crippen molar-refractivity contribution >= 4 is 43.9 Å². The van der Waals surface area contributed by atoms with Crippen LogP contribution in [-0.2, 0) is 0 Å². The van der Waals surface area contributed by atoms with Gasteiger partial charge in [-0.2, -0.15) is 9.97 Å². The summed E-state index contributed by atoms with van der Waals surface area (Å²) >= 11 is 6.79. The highest BCUT2D eigenvalue weighted by molar-refractivity contribution is 6.28. The summed E-state index contributed by atoms with van der Waals surface area (Å²) in [6.07, 6.45) is 5.57. The van der Waals surface area contributed by atoms with E-state index in [0.717, 1.165) is 66.0 Å². The maximum atomic E-state index is 6.79. The first-order chi connectivity index (χ1) is 23.7. The van der Waals surface area contributed by atoms with Gasteiger partial charge in [0.25, 0.3) is 0 Å². The summed E-state index contributed by atoms with van der Waals surface area (Å²) in [5.74, 6) is 1.03. The van der Waals surface area contributed by atoms with Crippen LogP contribution in [0.15, 0.2) is 158 Å². The molecule has 0 amide bonds. The van der Waals surface area contributed by atoms with E-state index >= 15 is 0 Å². The van der Waals surface area contributed by atoms with Crippen molar-refractivity contribution in [1.29, 1.82) is 0 Å². The zero-order valence-corrected chi connectivity index (χ0v) is 26.4. The number of fused-ring (bicyclic) bond motifs is 4. The second-order valence-electron chi connectivity index (χ2n) is 11.7. The number of halogens is 1. The summed E-state index contributed by atoms with van der Waals surface area (Å²) in [6.45, 7) is 0. The summed E-state index contributed by atoms with van der Waals surface area (Å²) < 4.78 is 2.03. The van der Waals surface area contributed by atoms with Gasteiger partial charge in [-0.15, -0.1) is 0 Å². The standard InChI is InChI=1S/C42H26ClN5/c43-42-46-40(36-17-6-5-16-35(36)34-18-9-12-27-10-1-3-13-31(27)34)45-41(47-42)37-25-30(32-14-7-8-19-38(32)48-23-22-44-26-48)24-29-21-20-28-11-2-4-15-33(28)39(29)37/h1-26H. The van der Waals surface area contributed by atoms with Gasteiger partial charge in [-0.25, -0.2) is 9.97 Å². The van der Waals surface area contributed by atoms with Gasteiger partial charge in [0.15, 0.2) is 11.6 Å². The molecule has 226 valence electrons. The van der Waals surface area contributed by atoms with Gasteiger partial charge in [0.2, 0.25) is 5.28 Å². The van der Waals surface area contributed by atoms with Crippen LogP contribution in [0.1, 0.15) is 0 Å². The van der Waals surface area contributed by atoms with Crippen LogP contribution in [0.3, 0.4) is 0 Å². The van der Waals surface area contributed by atoms with Gasteiger partial charge in [0.05, 0.1) is 12.0 Å². The molecule has 2 aromatic heterocycles. The van der Waals surface area contributed by atoms with E-state index in [1.807, 2.05) is 35.3 Å². The summed E-state index contributed by atoms with van der Waals surface area (Å²) in [4.78, 5) is 19.0. The highest BCUT2D eigenvalue weighted by Crippen LogP contribution is 2.40. The summed E-state index contributed by atoms with van der Waals surface area (Å²) in [5, 5.41) is 6.87. The Balaban J connectivity index is 1.30. The fourth-order valence-electron chi connectivity index (χ4n) is 6.79. The third-order valence-electron chi connectivity index (χ3n) is 8.94. The van der Waals surface area contributed by atoms with Crippen LogP contribution in [0.25, 0.3) is 83.0 Å². The van der Waals surface area contributed by atoms with Crippen molar-refractivity contribution < 1.29 is 0 Å². The van der Waals surface area contributed by atoms with Crippen LogP contribution < -0.4 is 0 Å². The second kappa shape index (κ2) is 11.6. The van der Waals surface area contributed by atoms with Crippen molar-refractivity contribution in [2.75, 3.05) is 0 Å². The van der Waals surface area contributed by atoms with Crippen LogP contribution in [0.2, 0.25) is 5.28 Å². The lowest BCUT2D eigenvalue weighted by atomic mass is 9.92. The number of aromatic nitrogens is 5. The Morgan fingerprint density at radius 1 is 0.479 bits per heavy atom. The van der Waals surface area contributed by atoms with E-state index in [4.69, 9.17) is 26.6 Å². The topological polar surface area (TPSA) is 56.5 Å². The molecule has 9 rings (SSSR count). The average molecular weight is 636 g/mol. The van der Waals surface area contributed by atoms with Crippen molar-refractivity contribution in [2.45, 2.75) is 0 Å². The minimum absolute atomic E-state index is 0.139. The molecule has 6 heteroatoms.